The fraction of sp³-hybridized carbons (Fsp3) is 0.632. The maximum absolute atomic E-state index is 6.07. The summed E-state index contributed by atoms with van der Waals surface area (Å²) in [6, 6.07) is 6.71. The van der Waals surface area contributed by atoms with Crippen LogP contribution in [0.15, 0.2) is 23.2 Å². The van der Waals surface area contributed by atoms with E-state index in [2.05, 4.69) is 36.3 Å². The second-order valence-corrected chi connectivity index (χ2v) is 7.00. The molecule has 3 rings (SSSR count). The first-order valence-electron chi connectivity index (χ1n) is 9.09. The number of hydrogen-bond acceptors (Lipinski definition) is 3. The van der Waals surface area contributed by atoms with Crippen LogP contribution in [0.25, 0.3) is 0 Å². The highest BCUT2D eigenvalue weighted by Gasteiger charge is 2.36. The molecule has 0 spiro atoms. The Balaban J connectivity index is 1.79. The number of aliphatic imine (C=N–C) groups is 1. The number of nitrogens with zero attached hydrogens (tertiary/aromatic N) is 1. The van der Waals surface area contributed by atoms with Gasteiger partial charge in [0.2, 0.25) is 0 Å². The number of nitrogens with one attached hydrogen (secondary N) is 1. The van der Waals surface area contributed by atoms with Crippen LogP contribution >= 0.6 is 0 Å². The first-order chi connectivity index (χ1) is 11.6. The molecule has 1 atom stereocenters. The highest BCUT2D eigenvalue weighted by atomic mass is 16.6. The average molecular weight is 331 g/mol. The summed E-state index contributed by atoms with van der Waals surface area (Å²) in [6.45, 7) is 6.22. The fourth-order valence-corrected chi connectivity index (χ4v) is 3.60. The molecule has 0 amide bonds. The van der Waals surface area contributed by atoms with Crippen molar-refractivity contribution >= 4 is 5.96 Å². The number of fused-ring (bicyclic) bond motifs is 1. The quantitative estimate of drug-likeness (QED) is 0.643. The van der Waals surface area contributed by atoms with E-state index in [-0.39, 0.29) is 5.41 Å². The van der Waals surface area contributed by atoms with E-state index in [1.165, 1.54) is 18.4 Å². The Morgan fingerprint density at radius 1 is 1.25 bits per heavy atom. The summed E-state index contributed by atoms with van der Waals surface area (Å²) >= 11 is 0. The van der Waals surface area contributed by atoms with Crippen LogP contribution in [0.2, 0.25) is 0 Å². The molecule has 1 saturated carbocycles. The van der Waals surface area contributed by atoms with E-state index in [0.717, 1.165) is 37.3 Å². The van der Waals surface area contributed by atoms with Gasteiger partial charge < -0.3 is 20.5 Å². The standard InChI is InChI=1S/C19H29N3O2/c1-3-14(2)22-18(20)21-13-19(8-4-5-9-19)15-6-7-16-17(12-15)24-11-10-23-16/h6-7,12,14H,3-5,8-11,13H2,1-2H3,(H3,20,21,22). The van der Waals surface area contributed by atoms with Crippen LogP contribution in [0, 0.1) is 0 Å². The van der Waals surface area contributed by atoms with Crippen molar-refractivity contribution in [2.75, 3.05) is 19.8 Å². The van der Waals surface area contributed by atoms with E-state index in [1.54, 1.807) is 0 Å². The monoisotopic (exact) mass is 331 g/mol. The Kier molecular flexibility index (Phi) is 5.17. The molecule has 2 aliphatic rings. The molecular weight excluding hydrogens is 302 g/mol. The van der Waals surface area contributed by atoms with Gasteiger partial charge in [-0.2, -0.15) is 0 Å². The Morgan fingerprint density at radius 3 is 2.67 bits per heavy atom. The van der Waals surface area contributed by atoms with Gasteiger partial charge in [0, 0.05) is 11.5 Å². The molecule has 0 bridgehead atoms. The van der Waals surface area contributed by atoms with Crippen molar-refractivity contribution in [2.45, 2.75) is 57.4 Å². The van der Waals surface area contributed by atoms with Gasteiger partial charge in [0.1, 0.15) is 13.2 Å². The van der Waals surface area contributed by atoms with Crippen molar-refractivity contribution in [3.8, 4) is 11.5 Å². The third-order valence-corrected chi connectivity index (χ3v) is 5.27. The van der Waals surface area contributed by atoms with E-state index < -0.39 is 0 Å². The molecule has 0 saturated heterocycles. The first kappa shape index (κ1) is 16.9. The molecule has 1 aliphatic carbocycles. The van der Waals surface area contributed by atoms with Crippen LogP contribution in [0.4, 0.5) is 0 Å². The molecule has 1 heterocycles. The van der Waals surface area contributed by atoms with E-state index in [9.17, 15) is 0 Å². The highest BCUT2D eigenvalue weighted by Crippen LogP contribution is 2.44. The Labute approximate surface area is 144 Å². The maximum atomic E-state index is 6.07. The van der Waals surface area contributed by atoms with Gasteiger partial charge in [-0.1, -0.05) is 25.8 Å². The minimum atomic E-state index is 0.0671. The number of hydrogen-bond donors (Lipinski definition) is 2. The molecule has 5 nitrogen and oxygen atoms in total. The molecule has 3 N–H and O–H groups in total. The zero-order valence-corrected chi connectivity index (χ0v) is 14.8. The molecule has 1 aromatic rings. The third kappa shape index (κ3) is 3.60. The van der Waals surface area contributed by atoms with Crippen LogP contribution in [0.3, 0.4) is 0 Å². The summed E-state index contributed by atoms with van der Waals surface area (Å²) in [7, 11) is 0. The predicted molar refractivity (Wildman–Crippen MR) is 97.0 cm³/mol. The minimum Gasteiger partial charge on any atom is -0.486 e. The lowest BCUT2D eigenvalue weighted by Gasteiger charge is -2.30. The van der Waals surface area contributed by atoms with E-state index in [1.807, 2.05) is 6.07 Å². The first-order valence-corrected chi connectivity index (χ1v) is 9.09. The van der Waals surface area contributed by atoms with Crippen molar-refractivity contribution in [3.05, 3.63) is 23.8 Å². The van der Waals surface area contributed by atoms with Crippen molar-refractivity contribution in [1.82, 2.24) is 5.32 Å². The van der Waals surface area contributed by atoms with E-state index in [0.29, 0.717) is 25.2 Å². The largest absolute Gasteiger partial charge is 0.486 e. The van der Waals surface area contributed by atoms with Crippen molar-refractivity contribution in [3.63, 3.8) is 0 Å². The molecule has 1 unspecified atom stereocenters. The van der Waals surface area contributed by atoms with Crippen molar-refractivity contribution in [2.24, 2.45) is 10.7 Å². The summed E-state index contributed by atoms with van der Waals surface area (Å²) in [6.07, 6.45) is 5.80. The van der Waals surface area contributed by atoms with Gasteiger partial charge in [-0.25, -0.2) is 0 Å². The highest BCUT2D eigenvalue weighted by molar-refractivity contribution is 5.78. The molecule has 0 aromatic heterocycles. The molecule has 1 aromatic carbocycles. The van der Waals surface area contributed by atoms with Gasteiger partial charge >= 0.3 is 0 Å². The van der Waals surface area contributed by atoms with Crippen LogP contribution in [0.1, 0.15) is 51.5 Å². The second kappa shape index (κ2) is 7.32. The van der Waals surface area contributed by atoms with Gasteiger partial charge in [0.15, 0.2) is 17.5 Å². The summed E-state index contributed by atoms with van der Waals surface area (Å²) < 4.78 is 11.4. The van der Waals surface area contributed by atoms with Gasteiger partial charge in [0.05, 0.1) is 6.54 Å². The summed E-state index contributed by atoms with van der Waals surface area (Å²) in [5, 5.41) is 3.26. The molecule has 0 radical (unpaired) electrons. The summed E-state index contributed by atoms with van der Waals surface area (Å²) in [5.41, 5.74) is 7.43. The number of ether oxygens (including phenoxy) is 2. The van der Waals surface area contributed by atoms with Gasteiger partial charge in [0.25, 0.3) is 0 Å². The SMILES string of the molecule is CCC(C)NC(N)=NCC1(c2ccc3c(c2)OCCO3)CCCC1. The second-order valence-electron chi connectivity index (χ2n) is 7.00. The fourth-order valence-electron chi connectivity index (χ4n) is 3.60. The van der Waals surface area contributed by atoms with Gasteiger partial charge in [-0.3, -0.25) is 4.99 Å². The minimum absolute atomic E-state index is 0.0671. The van der Waals surface area contributed by atoms with Crippen LogP contribution in [-0.4, -0.2) is 31.8 Å². The predicted octanol–water partition coefficient (Wildman–Crippen LogP) is 2.97. The zero-order chi connectivity index (χ0) is 17.0. The zero-order valence-electron chi connectivity index (χ0n) is 14.8. The lowest BCUT2D eigenvalue weighted by molar-refractivity contribution is 0.171. The van der Waals surface area contributed by atoms with Crippen molar-refractivity contribution < 1.29 is 9.47 Å². The van der Waals surface area contributed by atoms with Gasteiger partial charge in [-0.05, 0) is 43.9 Å². The normalized spacial score (nSPS) is 20.7. The summed E-state index contributed by atoms with van der Waals surface area (Å²) in [4.78, 5) is 4.67. The van der Waals surface area contributed by atoms with Crippen LogP contribution in [-0.2, 0) is 5.41 Å². The maximum Gasteiger partial charge on any atom is 0.188 e. The lowest BCUT2D eigenvalue weighted by Crippen LogP contribution is -2.39. The Morgan fingerprint density at radius 2 is 1.96 bits per heavy atom. The van der Waals surface area contributed by atoms with Crippen molar-refractivity contribution in [1.29, 1.82) is 0 Å². The smallest absolute Gasteiger partial charge is 0.188 e. The Hall–Kier alpha value is -1.91. The molecule has 1 fully saturated rings. The molecule has 5 heteroatoms. The average Bonchev–Trinajstić information content (AvgIpc) is 3.09. The molecule has 24 heavy (non-hydrogen) atoms. The molecule has 1 aliphatic heterocycles. The van der Waals surface area contributed by atoms with Gasteiger partial charge in [-0.15, -0.1) is 0 Å². The van der Waals surface area contributed by atoms with E-state index >= 15 is 0 Å². The summed E-state index contributed by atoms with van der Waals surface area (Å²) in [5.74, 6) is 2.26. The number of rotatable bonds is 5. The van der Waals surface area contributed by atoms with E-state index in [4.69, 9.17) is 15.2 Å². The number of nitrogens with two attached hydrogens (primary N) is 1. The van der Waals surface area contributed by atoms with Crippen LogP contribution < -0.4 is 20.5 Å². The van der Waals surface area contributed by atoms with Crippen LogP contribution in [0.5, 0.6) is 11.5 Å². The topological polar surface area (TPSA) is 68.9 Å². The number of benzene rings is 1. The lowest BCUT2D eigenvalue weighted by atomic mass is 9.79. The Bertz CT molecular complexity index is 594. The molecular formula is C19H29N3O2. The third-order valence-electron chi connectivity index (χ3n) is 5.27. The molecule has 132 valence electrons. The number of guanidine groups is 1.